The summed E-state index contributed by atoms with van der Waals surface area (Å²) >= 11 is 0. The molecule has 2 atom stereocenters. The van der Waals surface area contributed by atoms with E-state index in [1.807, 2.05) is 41.5 Å². The number of rotatable bonds is 14. The quantitative estimate of drug-likeness (QED) is 0.219. The van der Waals surface area contributed by atoms with E-state index in [0.717, 1.165) is 45.3 Å². The summed E-state index contributed by atoms with van der Waals surface area (Å²) in [7, 11) is 0. The van der Waals surface area contributed by atoms with Gasteiger partial charge in [-0.05, 0) is 25.0 Å². The van der Waals surface area contributed by atoms with Crippen LogP contribution < -0.4 is 22.1 Å². The molecular formula is C26H54N4O4+2. The summed E-state index contributed by atoms with van der Waals surface area (Å²) in [5.41, 5.74) is 7.33. The van der Waals surface area contributed by atoms with Crippen molar-refractivity contribution in [3.63, 3.8) is 0 Å². The number of hydrogen-bond acceptors (Lipinski definition) is 4. The Morgan fingerprint density at radius 3 is 1.50 bits per heavy atom. The average molecular weight is 487 g/mol. The van der Waals surface area contributed by atoms with E-state index < -0.39 is 0 Å². The zero-order valence-electron chi connectivity index (χ0n) is 22.8. The highest BCUT2D eigenvalue weighted by Gasteiger charge is 2.08. The molecule has 0 fully saturated rings. The molecule has 200 valence electrons. The van der Waals surface area contributed by atoms with Gasteiger partial charge in [-0.2, -0.15) is 0 Å². The number of carbonyl (C=O) groups is 4. The van der Waals surface area contributed by atoms with Crippen LogP contribution in [-0.2, 0) is 19.2 Å². The number of hydrogen-bond donors (Lipinski definition) is 4. The lowest BCUT2D eigenvalue weighted by molar-refractivity contribution is -0.368. The molecule has 0 aliphatic carbocycles. The first-order chi connectivity index (χ1) is 16.1. The molecule has 0 heterocycles. The lowest BCUT2D eigenvalue weighted by Crippen LogP contribution is -2.51. The van der Waals surface area contributed by atoms with Crippen LogP contribution in [0.25, 0.3) is 0 Å². The van der Waals surface area contributed by atoms with Crippen molar-refractivity contribution in [3.05, 3.63) is 25.3 Å². The van der Waals surface area contributed by atoms with E-state index in [0.29, 0.717) is 25.2 Å². The molecule has 8 nitrogen and oxygen atoms in total. The van der Waals surface area contributed by atoms with E-state index in [4.69, 9.17) is 0 Å². The first-order valence-electron chi connectivity index (χ1n) is 12.5. The standard InChI is InChI=1S/C8H18N2O.C7H14O.C6H12N2O.C5H8O/c1-3-7(2)8(11)10-6-4-5-9;1-4-6(3)7(8)5-2;1-2-6(9)8-5-3-4-7;1-3-5(6)4-2/h7H,3-6,9H2,1-2H3,(H,10,11);6H,4-5H2,1-3H3;2H,1,3-5,7H2,(H,8,9);3H,1,4H2,2H3/p+2. The largest absolute Gasteiger partial charge is 0.358 e. The first kappa shape index (κ1) is 38.9. The zero-order valence-corrected chi connectivity index (χ0v) is 22.8. The summed E-state index contributed by atoms with van der Waals surface area (Å²) in [5.74, 6) is 0.978. The summed E-state index contributed by atoms with van der Waals surface area (Å²) in [6.45, 7) is 21.5. The molecule has 8 N–H and O–H groups in total. The van der Waals surface area contributed by atoms with Gasteiger partial charge < -0.3 is 22.1 Å². The number of carbonyl (C=O) groups excluding carboxylic acids is 4. The third-order valence-electron chi connectivity index (χ3n) is 4.78. The molecular weight excluding hydrogens is 432 g/mol. The third kappa shape index (κ3) is 31.9. The van der Waals surface area contributed by atoms with Gasteiger partial charge in [0.2, 0.25) is 11.8 Å². The van der Waals surface area contributed by atoms with Crippen LogP contribution in [0.1, 0.15) is 80.1 Å². The molecule has 34 heavy (non-hydrogen) atoms. The van der Waals surface area contributed by atoms with Gasteiger partial charge in [-0.25, -0.2) is 0 Å². The Hall–Kier alpha value is -2.32. The molecule has 0 bridgehead atoms. The molecule has 0 saturated heterocycles. The maximum Gasteiger partial charge on any atom is 0.243 e. The van der Waals surface area contributed by atoms with Crippen LogP contribution in [0.2, 0.25) is 0 Å². The summed E-state index contributed by atoms with van der Waals surface area (Å²) in [4.78, 5) is 42.4. The van der Waals surface area contributed by atoms with Gasteiger partial charge >= 0.3 is 0 Å². The summed E-state index contributed by atoms with van der Waals surface area (Å²) in [5, 5.41) is 5.49. The van der Waals surface area contributed by atoms with E-state index in [1.165, 1.54) is 12.2 Å². The Morgan fingerprint density at radius 1 is 0.765 bits per heavy atom. The molecule has 0 aliphatic rings. The maximum atomic E-state index is 11.1. The van der Waals surface area contributed by atoms with Crippen LogP contribution in [0, 0.1) is 11.8 Å². The van der Waals surface area contributed by atoms with Crippen LogP contribution in [0.5, 0.6) is 0 Å². The summed E-state index contributed by atoms with van der Waals surface area (Å²) in [6.07, 6.45) is 7.66. The molecule has 8 heteroatoms. The second-order valence-electron chi connectivity index (χ2n) is 7.66. The normalized spacial score (nSPS) is 10.8. The zero-order chi connectivity index (χ0) is 27.4. The minimum absolute atomic E-state index is 0.106. The van der Waals surface area contributed by atoms with Crippen molar-refractivity contribution in [2.45, 2.75) is 80.1 Å². The van der Waals surface area contributed by atoms with Gasteiger partial charge in [-0.15, -0.1) is 0 Å². The molecule has 2 unspecified atom stereocenters. The molecule has 0 aliphatic heterocycles. The van der Waals surface area contributed by atoms with Gasteiger partial charge in [0.25, 0.3) is 0 Å². The monoisotopic (exact) mass is 486 g/mol. The van der Waals surface area contributed by atoms with Gasteiger partial charge in [0.1, 0.15) is 5.78 Å². The molecule has 0 aromatic rings. The van der Waals surface area contributed by atoms with E-state index >= 15 is 0 Å². The predicted octanol–water partition coefficient (Wildman–Crippen LogP) is 1.86. The predicted molar refractivity (Wildman–Crippen MR) is 141 cm³/mol. The Kier molecular flexibility index (Phi) is 35.1. The number of amides is 2. The van der Waals surface area contributed by atoms with Crippen LogP contribution in [0.15, 0.2) is 25.3 Å². The van der Waals surface area contributed by atoms with Gasteiger partial charge in [-0.3, -0.25) is 19.2 Å². The van der Waals surface area contributed by atoms with E-state index in [1.54, 1.807) is 0 Å². The number of Topliss-reactive ketones (excluding diaryl/α,β-unsaturated/α-hetero) is 1. The van der Waals surface area contributed by atoms with Crippen molar-refractivity contribution in [2.24, 2.45) is 11.8 Å². The molecule has 0 rings (SSSR count). The highest BCUT2D eigenvalue weighted by atomic mass is 16.2. The number of quaternary nitrogens is 2. The van der Waals surface area contributed by atoms with Gasteiger partial charge in [0.15, 0.2) is 5.78 Å². The van der Waals surface area contributed by atoms with E-state index in [-0.39, 0.29) is 29.4 Å². The second kappa shape index (κ2) is 30.7. The Morgan fingerprint density at radius 2 is 1.24 bits per heavy atom. The van der Waals surface area contributed by atoms with Gasteiger partial charge in [-0.1, -0.05) is 54.7 Å². The smallest absolute Gasteiger partial charge is 0.243 e. The lowest BCUT2D eigenvalue weighted by atomic mass is 10.0. The second-order valence-corrected chi connectivity index (χ2v) is 7.66. The number of nitrogens with one attached hydrogen (secondary N) is 2. The topological polar surface area (TPSA) is 148 Å². The van der Waals surface area contributed by atoms with E-state index in [9.17, 15) is 19.2 Å². The van der Waals surface area contributed by atoms with Crippen molar-refractivity contribution in [1.29, 1.82) is 0 Å². The summed E-state index contributed by atoms with van der Waals surface area (Å²) < 4.78 is 0. The van der Waals surface area contributed by atoms with Crippen LogP contribution >= 0.6 is 0 Å². The molecule has 0 saturated carbocycles. The molecule has 2 amide bonds. The van der Waals surface area contributed by atoms with Gasteiger partial charge in [0, 0.05) is 50.6 Å². The fourth-order valence-electron chi connectivity index (χ4n) is 1.83. The van der Waals surface area contributed by atoms with Crippen molar-refractivity contribution in [1.82, 2.24) is 10.6 Å². The fraction of sp³-hybridized carbons (Fsp3) is 0.692. The van der Waals surface area contributed by atoms with Crippen LogP contribution in [-0.4, -0.2) is 49.6 Å². The third-order valence-corrected chi connectivity index (χ3v) is 4.78. The highest BCUT2D eigenvalue weighted by Crippen LogP contribution is 2.03. The molecule has 0 aromatic carbocycles. The first-order valence-corrected chi connectivity index (χ1v) is 12.5. The fourth-order valence-corrected chi connectivity index (χ4v) is 1.83. The minimum Gasteiger partial charge on any atom is -0.358 e. The van der Waals surface area contributed by atoms with Crippen LogP contribution in [0.3, 0.4) is 0 Å². The lowest BCUT2D eigenvalue weighted by Gasteiger charge is -2.08. The molecule has 0 spiro atoms. The Labute approximate surface area is 208 Å². The Bertz CT molecular complexity index is 551. The van der Waals surface area contributed by atoms with Crippen molar-refractivity contribution < 1.29 is 30.6 Å². The Balaban J connectivity index is -0.000000180. The van der Waals surface area contributed by atoms with Crippen molar-refractivity contribution in [2.75, 3.05) is 26.2 Å². The number of allylic oxidation sites excluding steroid dienone is 1. The van der Waals surface area contributed by atoms with Crippen LogP contribution in [0.4, 0.5) is 0 Å². The maximum absolute atomic E-state index is 11.1. The summed E-state index contributed by atoms with van der Waals surface area (Å²) in [6, 6.07) is 0. The van der Waals surface area contributed by atoms with E-state index in [2.05, 4.69) is 35.3 Å². The van der Waals surface area contributed by atoms with Crippen molar-refractivity contribution >= 4 is 23.4 Å². The van der Waals surface area contributed by atoms with Crippen molar-refractivity contribution in [3.8, 4) is 0 Å². The number of ketones is 2. The highest BCUT2D eigenvalue weighted by molar-refractivity contribution is 5.88. The molecule has 0 radical (unpaired) electrons. The minimum atomic E-state index is -0.108. The molecule has 0 aromatic heterocycles. The average Bonchev–Trinajstić information content (AvgIpc) is 2.87. The SMILES string of the molecule is C=CC(=O)CC.C=CC(=O)NCCC[NH3+].CCC(=O)C(C)CC.CCC(C)C(=O)NCCC[NH3+]. The van der Waals surface area contributed by atoms with Gasteiger partial charge in [0.05, 0.1) is 13.1 Å².